The van der Waals surface area contributed by atoms with Crippen molar-refractivity contribution in [1.29, 1.82) is 0 Å². The van der Waals surface area contributed by atoms with Gasteiger partial charge in [-0.3, -0.25) is 14.4 Å². The average Bonchev–Trinajstić information content (AvgIpc) is 3.14. The first-order valence-corrected chi connectivity index (χ1v) is 8.68. The average molecular weight is 376 g/mol. The lowest BCUT2D eigenvalue weighted by atomic mass is 10.1. The number of nitrogens with zero attached hydrogens (tertiary/aromatic N) is 3. The summed E-state index contributed by atoms with van der Waals surface area (Å²) in [5, 5.41) is 2.73. The van der Waals surface area contributed by atoms with Crippen LogP contribution in [0.25, 0.3) is 0 Å². The van der Waals surface area contributed by atoms with Crippen molar-refractivity contribution in [3.05, 3.63) is 83.9 Å². The number of carbonyl (C=O) groups is 3. The Morgan fingerprint density at radius 3 is 2.29 bits per heavy atom. The molecule has 0 aliphatic carbocycles. The number of carbonyl (C=O) groups excluding carboxylic acids is 3. The van der Waals surface area contributed by atoms with Crippen LogP contribution in [0, 0.1) is 0 Å². The number of anilines is 1. The van der Waals surface area contributed by atoms with Gasteiger partial charge in [-0.2, -0.15) is 0 Å². The van der Waals surface area contributed by atoms with Crippen LogP contribution in [0.5, 0.6) is 0 Å². The maximum atomic E-state index is 12.4. The molecule has 0 bridgehead atoms. The van der Waals surface area contributed by atoms with Crippen LogP contribution in [0.3, 0.4) is 0 Å². The fraction of sp³-hybridized carbons (Fsp3) is 0.143. The number of amides is 2. The van der Waals surface area contributed by atoms with Gasteiger partial charge in [-0.15, -0.1) is 0 Å². The second-order valence-corrected chi connectivity index (χ2v) is 6.34. The van der Waals surface area contributed by atoms with Crippen LogP contribution in [0.4, 0.5) is 5.69 Å². The van der Waals surface area contributed by atoms with E-state index in [1.165, 1.54) is 4.90 Å². The van der Waals surface area contributed by atoms with Crippen molar-refractivity contribution < 1.29 is 14.4 Å². The number of aromatic nitrogens is 2. The van der Waals surface area contributed by atoms with Crippen molar-refractivity contribution >= 4 is 23.3 Å². The zero-order valence-electron chi connectivity index (χ0n) is 15.6. The maximum Gasteiger partial charge on any atom is 0.254 e. The Balaban J connectivity index is 1.59. The lowest BCUT2D eigenvalue weighted by Gasteiger charge is -2.17. The third-order valence-electron chi connectivity index (χ3n) is 4.20. The summed E-state index contributed by atoms with van der Waals surface area (Å²) >= 11 is 0. The van der Waals surface area contributed by atoms with Crippen LogP contribution in [-0.4, -0.2) is 45.6 Å². The molecule has 2 amide bonds. The predicted octanol–water partition coefficient (Wildman–Crippen LogP) is 2.36. The fourth-order valence-corrected chi connectivity index (χ4v) is 2.71. The lowest BCUT2D eigenvalue weighted by Crippen LogP contribution is -2.34. The molecule has 0 saturated heterocycles. The predicted molar refractivity (Wildman–Crippen MR) is 105 cm³/mol. The van der Waals surface area contributed by atoms with E-state index in [2.05, 4.69) is 10.3 Å². The van der Waals surface area contributed by atoms with Gasteiger partial charge in [-0.1, -0.05) is 18.2 Å². The maximum absolute atomic E-state index is 12.4. The quantitative estimate of drug-likeness (QED) is 0.670. The van der Waals surface area contributed by atoms with Crippen LogP contribution in [0.15, 0.2) is 67.0 Å². The summed E-state index contributed by atoms with van der Waals surface area (Å²) in [6.07, 6.45) is 3.27. The highest BCUT2D eigenvalue weighted by molar-refractivity contribution is 6.07. The van der Waals surface area contributed by atoms with E-state index in [0.717, 1.165) is 0 Å². The third kappa shape index (κ3) is 4.32. The molecule has 7 heteroatoms. The Bertz CT molecular complexity index is 994. The Kier molecular flexibility index (Phi) is 5.64. The van der Waals surface area contributed by atoms with Gasteiger partial charge >= 0.3 is 0 Å². The minimum atomic E-state index is -0.324. The van der Waals surface area contributed by atoms with Crippen LogP contribution in [0.1, 0.15) is 26.5 Å². The molecule has 0 saturated carbocycles. The molecule has 2 aromatic carbocycles. The van der Waals surface area contributed by atoms with E-state index in [1.807, 2.05) is 6.07 Å². The van der Waals surface area contributed by atoms with Gasteiger partial charge in [0.2, 0.25) is 11.7 Å². The monoisotopic (exact) mass is 376 g/mol. The van der Waals surface area contributed by atoms with Gasteiger partial charge in [0.05, 0.1) is 6.54 Å². The molecule has 0 unspecified atom stereocenters. The van der Waals surface area contributed by atoms with Gasteiger partial charge in [-0.25, -0.2) is 4.98 Å². The summed E-state index contributed by atoms with van der Waals surface area (Å²) in [6.45, 7) is -0.0817. The van der Waals surface area contributed by atoms with Gasteiger partial charge in [0, 0.05) is 43.3 Å². The summed E-state index contributed by atoms with van der Waals surface area (Å²) < 4.78 is 1.65. The molecule has 28 heavy (non-hydrogen) atoms. The summed E-state index contributed by atoms with van der Waals surface area (Å²) in [5.74, 6) is -0.405. The Hall–Kier alpha value is -3.74. The topological polar surface area (TPSA) is 84.3 Å². The van der Waals surface area contributed by atoms with Crippen molar-refractivity contribution in [2.75, 3.05) is 18.9 Å². The summed E-state index contributed by atoms with van der Waals surface area (Å²) in [4.78, 5) is 42.3. The van der Waals surface area contributed by atoms with E-state index in [9.17, 15) is 14.4 Å². The molecule has 1 aromatic heterocycles. The second kappa shape index (κ2) is 8.30. The van der Waals surface area contributed by atoms with Gasteiger partial charge < -0.3 is 14.8 Å². The second-order valence-electron chi connectivity index (χ2n) is 6.34. The van der Waals surface area contributed by atoms with E-state index >= 15 is 0 Å². The van der Waals surface area contributed by atoms with E-state index < -0.39 is 0 Å². The molecule has 0 aliphatic heterocycles. The molecular weight excluding hydrogens is 356 g/mol. The number of imidazole rings is 1. The number of rotatable bonds is 6. The van der Waals surface area contributed by atoms with Gasteiger partial charge in [0.25, 0.3) is 5.91 Å². The molecular formula is C21H20N4O3. The van der Waals surface area contributed by atoms with E-state index in [0.29, 0.717) is 22.6 Å². The molecule has 3 rings (SSSR count). The zero-order chi connectivity index (χ0) is 20.1. The third-order valence-corrected chi connectivity index (χ3v) is 4.20. The highest BCUT2D eigenvalue weighted by atomic mass is 16.2. The number of ketones is 1. The van der Waals surface area contributed by atoms with E-state index in [4.69, 9.17) is 0 Å². The summed E-state index contributed by atoms with van der Waals surface area (Å²) in [6, 6.07) is 15.3. The SMILES string of the molecule is CN(CC(=O)Nc1ccc(C(=O)c2nccn2C)cc1)C(=O)c1ccccc1. The molecule has 0 atom stereocenters. The number of nitrogens with one attached hydrogen (secondary N) is 1. The van der Waals surface area contributed by atoms with Crippen LogP contribution in [-0.2, 0) is 11.8 Å². The molecule has 142 valence electrons. The molecule has 3 aromatic rings. The standard InChI is InChI=1S/C21H20N4O3/c1-24-13-12-22-20(24)19(27)15-8-10-17(11-9-15)23-18(26)14-25(2)21(28)16-6-4-3-5-7-16/h3-13H,14H2,1-2H3,(H,23,26). The first-order chi connectivity index (χ1) is 13.5. The first-order valence-electron chi connectivity index (χ1n) is 8.68. The molecule has 0 aliphatic rings. The highest BCUT2D eigenvalue weighted by Gasteiger charge is 2.16. The van der Waals surface area contributed by atoms with Crippen molar-refractivity contribution in [3.8, 4) is 0 Å². The van der Waals surface area contributed by atoms with Crippen molar-refractivity contribution in [3.63, 3.8) is 0 Å². The number of hydrogen-bond acceptors (Lipinski definition) is 4. The minimum Gasteiger partial charge on any atom is -0.332 e. The highest BCUT2D eigenvalue weighted by Crippen LogP contribution is 2.13. The van der Waals surface area contributed by atoms with Crippen LogP contribution >= 0.6 is 0 Å². The Labute approximate surface area is 162 Å². The van der Waals surface area contributed by atoms with Crippen LogP contribution in [0.2, 0.25) is 0 Å². The Morgan fingerprint density at radius 1 is 1.00 bits per heavy atom. The number of benzene rings is 2. The van der Waals surface area contributed by atoms with Gasteiger partial charge in [-0.05, 0) is 36.4 Å². The normalized spacial score (nSPS) is 10.4. The van der Waals surface area contributed by atoms with Crippen molar-refractivity contribution in [2.24, 2.45) is 7.05 Å². The van der Waals surface area contributed by atoms with Gasteiger partial charge in [0.15, 0.2) is 5.82 Å². The number of hydrogen-bond donors (Lipinski definition) is 1. The number of likely N-dealkylation sites (N-methyl/N-ethyl adjacent to an activating group) is 1. The lowest BCUT2D eigenvalue weighted by molar-refractivity contribution is -0.116. The summed E-state index contributed by atoms with van der Waals surface area (Å²) in [5.41, 5.74) is 1.54. The van der Waals surface area contributed by atoms with Crippen molar-refractivity contribution in [2.45, 2.75) is 0 Å². The van der Waals surface area contributed by atoms with E-state index in [1.54, 1.807) is 79.6 Å². The molecule has 0 fully saturated rings. The van der Waals surface area contributed by atoms with Crippen molar-refractivity contribution in [1.82, 2.24) is 14.5 Å². The fourth-order valence-electron chi connectivity index (χ4n) is 2.71. The van der Waals surface area contributed by atoms with Crippen LogP contribution < -0.4 is 5.32 Å². The minimum absolute atomic E-state index is 0.0817. The largest absolute Gasteiger partial charge is 0.332 e. The Morgan fingerprint density at radius 2 is 1.68 bits per heavy atom. The first kappa shape index (κ1) is 19.0. The summed E-state index contributed by atoms with van der Waals surface area (Å²) in [7, 11) is 3.33. The molecule has 0 radical (unpaired) electrons. The smallest absolute Gasteiger partial charge is 0.254 e. The molecule has 1 heterocycles. The molecule has 7 nitrogen and oxygen atoms in total. The van der Waals surface area contributed by atoms with E-state index in [-0.39, 0.29) is 24.1 Å². The molecule has 1 N–H and O–H groups in total. The zero-order valence-corrected chi connectivity index (χ0v) is 15.6. The molecule has 0 spiro atoms. The van der Waals surface area contributed by atoms with Gasteiger partial charge in [0.1, 0.15) is 0 Å². The number of aryl methyl sites for hydroxylation is 1.